The van der Waals surface area contributed by atoms with Crippen molar-refractivity contribution < 1.29 is 48.9 Å². The van der Waals surface area contributed by atoms with Crippen molar-refractivity contribution >= 4 is 5.78 Å². The van der Waals surface area contributed by atoms with Gasteiger partial charge in [0.15, 0.2) is 23.3 Å². The number of ketones is 1. The van der Waals surface area contributed by atoms with Gasteiger partial charge in [0.2, 0.25) is 17.6 Å². The first-order valence-electron chi connectivity index (χ1n) is 7.40. The Kier molecular flexibility index (Phi) is 6.06. The minimum Gasteiger partial charge on any atom is -0.493 e. The number of aryl methyl sites for hydroxylation is 1. The Morgan fingerprint density at radius 2 is 1.72 bits per heavy atom. The summed E-state index contributed by atoms with van der Waals surface area (Å²) in [5.74, 6) is -11.1. The Morgan fingerprint density at radius 1 is 1.14 bits per heavy atom. The minimum atomic E-state index is -2.00. The van der Waals surface area contributed by atoms with Gasteiger partial charge >= 0.3 is 0 Å². The van der Waals surface area contributed by atoms with Gasteiger partial charge < -0.3 is 5.11 Å². The molecule has 0 spiro atoms. The number of carbonyl (C=O) groups is 1. The number of benzene rings is 1. The van der Waals surface area contributed by atoms with Crippen LogP contribution >= 0.6 is 0 Å². The first-order chi connectivity index (χ1) is 13.2. The van der Waals surface area contributed by atoms with E-state index in [1.807, 2.05) is 0 Å². The second-order valence-electron chi connectivity index (χ2n) is 5.48. The standard InChI is InChI=1S/C17H7F5N4O2.Cu/c1-6-10(16(27)7-2-3-24-9(18)4-7)17(28)26(25-6)15-13(21)11(19)8(5-23)12(20)14(15)22;/h2-4,28H,1H3;. The van der Waals surface area contributed by atoms with E-state index in [4.69, 9.17) is 5.26 Å². The van der Waals surface area contributed by atoms with Gasteiger partial charge in [0, 0.05) is 34.9 Å². The summed E-state index contributed by atoms with van der Waals surface area (Å²) < 4.78 is 69.5. The smallest absolute Gasteiger partial charge is 0.226 e. The third kappa shape index (κ3) is 3.46. The summed E-state index contributed by atoms with van der Waals surface area (Å²) in [6, 6.07) is 2.85. The van der Waals surface area contributed by atoms with E-state index in [0.717, 1.165) is 24.4 Å². The third-order valence-electron chi connectivity index (χ3n) is 3.82. The summed E-state index contributed by atoms with van der Waals surface area (Å²) in [6.45, 7) is 1.17. The van der Waals surface area contributed by atoms with Gasteiger partial charge in [-0.2, -0.15) is 19.4 Å². The van der Waals surface area contributed by atoms with E-state index >= 15 is 0 Å². The number of halogens is 5. The van der Waals surface area contributed by atoms with Gasteiger partial charge in [0.05, 0.1) is 5.69 Å². The summed E-state index contributed by atoms with van der Waals surface area (Å²) in [6.07, 6.45) is 0.976. The largest absolute Gasteiger partial charge is 0.493 e. The van der Waals surface area contributed by atoms with E-state index in [1.54, 1.807) is 0 Å². The van der Waals surface area contributed by atoms with Crippen molar-refractivity contribution in [2.45, 2.75) is 6.92 Å². The zero-order valence-electron chi connectivity index (χ0n) is 14.1. The maximum Gasteiger partial charge on any atom is 0.226 e. The van der Waals surface area contributed by atoms with Crippen molar-refractivity contribution in [3.8, 4) is 17.6 Å². The van der Waals surface area contributed by atoms with Crippen LogP contribution in [0.1, 0.15) is 27.2 Å². The van der Waals surface area contributed by atoms with Crippen molar-refractivity contribution in [1.82, 2.24) is 14.8 Å². The summed E-state index contributed by atoms with van der Waals surface area (Å²) in [5.41, 5.74) is -4.05. The van der Waals surface area contributed by atoms with Gasteiger partial charge in [-0.05, 0) is 13.0 Å². The normalized spacial score (nSPS) is 10.4. The van der Waals surface area contributed by atoms with Crippen molar-refractivity contribution in [2.24, 2.45) is 0 Å². The monoisotopic (exact) mass is 457 g/mol. The molecule has 12 heteroatoms. The molecule has 6 nitrogen and oxygen atoms in total. The number of rotatable bonds is 3. The van der Waals surface area contributed by atoms with E-state index < -0.39 is 57.7 Å². The molecule has 0 aliphatic carbocycles. The number of pyridine rings is 1. The van der Waals surface area contributed by atoms with Gasteiger partial charge in [0.1, 0.15) is 22.9 Å². The summed E-state index contributed by atoms with van der Waals surface area (Å²) in [5, 5.41) is 22.4. The predicted octanol–water partition coefficient (Wildman–Crippen LogP) is 3.08. The van der Waals surface area contributed by atoms with E-state index in [9.17, 15) is 31.9 Å². The maximum atomic E-state index is 14.2. The van der Waals surface area contributed by atoms with Crippen molar-refractivity contribution in [2.75, 3.05) is 0 Å². The molecule has 0 bridgehead atoms. The number of aromatic nitrogens is 3. The fourth-order valence-corrected chi connectivity index (χ4v) is 2.53. The van der Waals surface area contributed by atoms with Crippen LogP contribution in [0, 0.1) is 47.5 Å². The molecule has 0 atom stereocenters. The quantitative estimate of drug-likeness (QED) is 0.214. The van der Waals surface area contributed by atoms with Gasteiger partial charge in [-0.3, -0.25) is 4.79 Å². The summed E-state index contributed by atoms with van der Waals surface area (Å²) in [7, 11) is 0. The molecule has 1 aromatic carbocycles. The molecule has 0 aliphatic rings. The minimum absolute atomic E-state index is 0. The number of aromatic hydroxyl groups is 1. The second-order valence-corrected chi connectivity index (χ2v) is 5.48. The molecule has 3 aromatic rings. The van der Waals surface area contributed by atoms with Crippen LogP contribution in [0.4, 0.5) is 22.0 Å². The van der Waals surface area contributed by atoms with E-state index in [1.165, 1.54) is 6.92 Å². The molecule has 1 N–H and O–H groups in total. The summed E-state index contributed by atoms with van der Waals surface area (Å²) in [4.78, 5) is 15.8. The van der Waals surface area contributed by atoms with Gasteiger partial charge in [0.25, 0.3) is 0 Å². The van der Waals surface area contributed by atoms with Crippen LogP contribution < -0.4 is 0 Å². The summed E-state index contributed by atoms with van der Waals surface area (Å²) >= 11 is 0. The Bertz CT molecular complexity index is 1160. The molecular formula is C17H7CuF5N4O2. The first-order valence-corrected chi connectivity index (χ1v) is 7.40. The van der Waals surface area contributed by atoms with Crippen molar-refractivity contribution in [1.29, 1.82) is 5.26 Å². The van der Waals surface area contributed by atoms with Gasteiger partial charge in [-0.25, -0.2) is 22.5 Å². The van der Waals surface area contributed by atoms with Crippen LogP contribution in [0.25, 0.3) is 5.69 Å². The molecule has 0 unspecified atom stereocenters. The predicted molar refractivity (Wildman–Crippen MR) is 82.1 cm³/mol. The topological polar surface area (TPSA) is 91.8 Å². The zero-order valence-corrected chi connectivity index (χ0v) is 15.0. The Morgan fingerprint density at radius 3 is 2.24 bits per heavy atom. The molecule has 0 saturated carbocycles. The van der Waals surface area contributed by atoms with Crippen LogP contribution in [-0.2, 0) is 17.1 Å². The van der Waals surface area contributed by atoms with Crippen molar-refractivity contribution in [3.05, 3.63) is 69.9 Å². The van der Waals surface area contributed by atoms with Crippen LogP contribution in [0.3, 0.4) is 0 Å². The Hall–Kier alpha value is -3.29. The molecule has 0 fully saturated rings. The first kappa shape index (κ1) is 22.0. The average Bonchev–Trinajstić information content (AvgIpc) is 2.94. The van der Waals surface area contributed by atoms with E-state index in [2.05, 4.69) is 10.1 Å². The molecule has 0 aliphatic heterocycles. The molecule has 0 saturated heterocycles. The molecule has 153 valence electrons. The van der Waals surface area contributed by atoms with Gasteiger partial charge in [-0.1, -0.05) is 0 Å². The number of carbonyl (C=O) groups excluding carboxylic acids is 1. The second kappa shape index (κ2) is 7.98. The maximum absolute atomic E-state index is 14.2. The van der Waals surface area contributed by atoms with Crippen LogP contribution in [0.15, 0.2) is 18.3 Å². The Balaban J connectivity index is 0.00000300. The molecular weight excluding hydrogens is 451 g/mol. The fraction of sp³-hybridized carbons (Fsp3) is 0.0588. The average molecular weight is 458 g/mol. The molecule has 2 heterocycles. The molecule has 1 radical (unpaired) electrons. The number of hydrogen-bond donors (Lipinski definition) is 1. The molecule has 3 rings (SSSR count). The van der Waals surface area contributed by atoms with E-state index in [0.29, 0.717) is 0 Å². The molecule has 0 amide bonds. The zero-order chi connectivity index (χ0) is 20.7. The fourth-order valence-electron chi connectivity index (χ4n) is 2.53. The number of nitrogens with zero attached hydrogens (tertiary/aromatic N) is 4. The van der Waals surface area contributed by atoms with Crippen LogP contribution in [0.5, 0.6) is 5.88 Å². The Labute approximate surface area is 169 Å². The van der Waals surface area contributed by atoms with Crippen molar-refractivity contribution in [3.63, 3.8) is 0 Å². The van der Waals surface area contributed by atoms with Gasteiger partial charge in [-0.15, -0.1) is 0 Å². The molecule has 29 heavy (non-hydrogen) atoms. The number of hydrogen-bond acceptors (Lipinski definition) is 5. The number of nitriles is 1. The van der Waals surface area contributed by atoms with Crippen LogP contribution in [0.2, 0.25) is 0 Å². The molecule has 2 aromatic heterocycles. The SMILES string of the molecule is Cc1nn(-c2c(F)c(F)c(C#N)c(F)c2F)c(O)c1C(=O)c1ccnc(F)c1.[Cu]. The van der Waals surface area contributed by atoms with Crippen LogP contribution in [-0.4, -0.2) is 25.7 Å². The third-order valence-corrected chi connectivity index (χ3v) is 3.82. The van der Waals surface area contributed by atoms with E-state index in [-0.39, 0.29) is 33.0 Å².